The van der Waals surface area contributed by atoms with Crippen LogP contribution >= 0.6 is 0 Å². The third-order valence-corrected chi connectivity index (χ3v) is 5.65. The SMILES string of the molecule is CCCCCCCCCOc1ccc(-c2ncc(OCCOCCCCCCC)cn2)cc1. The molecule has 0 spiro atoms. The molecule has 1 heterocycles. The van der Waals surface area contributed by atoms with Gasteiger partial charge < -0.3 is 14.2 Å². The molecular formula is C28H44N2O3. The molecule has 5 heteroatoms. The predicted octanol–water partition coefficient (Wildman–Crippen LogP) is 7.64. The molecule has 0 atom stereocenters. The van der Waals surface area contributed by atoms with Crippen LogP contribution in [0.1, 0.15) is 90.9 Å². The van der Waals surface area contributed by atoms with Gasteiger partial charge in [-0.25, -0.2) is 9.97 Å². The van der Waals surface area contributed by atoms with Crippen molar-refractivity contribution in [3.8, 4) is 22.9 Å². The lowest BCUT2D eigenvalue weighted by Gasteiger charge is -2.08. The van der Waals surface area contributed by atoms with E-state index in [0.29, 0.717) is 24.8 Å². The number of benzene rings is 1. The molecule has 0 aliphatic carbocycles. The Kier molecular flexibility index (Phi) is 15.0. The van der Waals surface area contributed by atoms with E-state index in [9.17, 15) is 0 Å². The van der Waals surface area contributed by atoms with Crippen molar-refractivity contribution in [2.45, 2.75) is 90.9 Å². The molecule has 0 saturated heterocycles. The van der Waals surface area contributed by atoms with E-state index in [1.54, 1.807) is 12.4 Å². The van der Waals surface area contributed by atoms with Gasteiger partial charge in [0.15, 0.2) is 11.6 Å². The van der Waals surface area contributed by atoms with Gasteiger partial charge in [-0.05, 0) is 37.1 Å². The highest BCUT2D eigenvalue weighted by Crippen LogP contribution is 2.20. The average molecular weight is 457 g/mol. The second-order valence-electron chi connectivity index (χ2n) is 8.61. The summed E-state index contributed by atoms with van der Waals surface area (Å²) in [6.45, 7) is 7.18. The molecule has 1 aromatic heterocycles. The number of nitrogens with zero attached hydrogens (tertiary/aromatic N) is 2. The quantitative estimate of drug-likeness (QED) is 0.192. The topological polar surface area (TPSA) is 53.5 Å². The highest BCUT2D eigenvalue weighted by Gasteiger charge is 2.03. The summed E-state index contributed by atoms with van der Waals surface area (Å²) in [5.41, 5.74) is 0.969. The first kappa shape index (κ1) is 27.1. The second-order valence-corrected chi connectivity index (χ2v) is 8.61. The van der Waals surface area contributed by atoms with Gasteiger partial charge in [0.25, 0.3) is 0 Å². The Labute approximate surface area is 201 Å². The molecule has 0 amide bonds. The van der Waals surface area contributed by atoms with Crippen LogP contribution in [0.3, 0.4) is 0 Å². The molecule has 184 valence electrons. The minimum absolute atomic E-state index is 0.516. The second kappa shape index (κ2) is 18.3. The fraction of sp³-hybridized carbons (Fsp3) is 0.643. The van der Waals surface area contributed by atoms with Gasteiger partial charge in [-0.3, -0.25) is 0 Å². The molecule has 33 heavy (non-hydrogen) atoms. The number of aromatic nitrogens is 2. The van der Waals surface area contributed by atoms with E-state index in [0.717, 1.165) is 37.4 Å². The number of hydrogen-bond acceptors (Lipinski definition) is 5. The van der Waals surface area contributed by atoms with Crippen LogP contribution in [0.5, 0.6) is 11.5 Å². The minimum Gasteiger partial charge on any atom is -0.494 e. The van der Waals surface area contributed by atoms with Crippen molar-refractivity contribution in [3.63, 3.8) is 0 Å². The van der Waals surface area contributed by atoms with Gasteiger partial charge in [-0.2, -0.15) is 0 Å². The van der Waals surface area contributed by atoms with E-state index < -0.39 is 0 Å². The maximum absolute atomic E-state index is 5.87. The van der Waals surface area contributed by atoms with E-state index in [2.05, 4.69) is 23.8 Å². The molecule has 0 aliphatic rings. The highest BCUT2D eigenvalue weighted by atomic mass is 16.5. The van der Waals surface area contributed by atoms with E-state index in [1.807, 2.05) is 24.3 Å². The van der Waals surface area contributed by atoms with E-state index in [1.165, 1.54) is 64.2 Å². The number of hydrogen-bond donors (Lipinski definition) is 0. The Morgan fingerprint density at radius 1 is 0.545 bits per heavy atom. The van der Waals surface area contributed by atoms with Crippen LogP contribution in [0.15, 0.2) is 36.7 Å². The van der Waals surface area contributed by atoms with Gasteiger partial charge in [0, 0.05) is 12.2 Å². The lowest BCUT2D eigenvalue weighted by molar-refractivity contribution is 0.0968. The van der Waals surface area contributed by atoms with Crippen LogP contribution in [0.4, 0.5) is 0 Å². The van der Waals surface area contributed by atoms with Crippen molar-refractivity contribution in [1.29, 1.82) is 0 Å². The number of unbranched alkanes of at least 4 members (excludes halogenated alkanes) is 10. The maximum Gasteiger partial charge on any atom is 0.159 e. The summed E-state index contributed by atoms with van der Waals surface area (Å²) in [6.07, 6.45) is 18.7. The Morgan fingerprint density at radius 2 is 1.09 bits per heavy atom. The van der Waals surface area contributed by atoms with Gasteiger partial charge in [0.1, 0.15) is 12.4 Å². The third kappa shape index (κ3) is 12.6. The molecule has 0 radical (unpaired) electrons. The molecule has 0 bridgehead atoms. The lowest BCUT2D eigenvalue weighted by atomic mass is 10.1. The van der Waals surface area contributed by atoms with Crippen LogP contribution in [0.25, 0.3) is 11.4 Å². The molecule has 0 unspecified atom stereocenters. The molecule has 0 saturated carbocycles. The Balaban J connectivity index is 1.59. The van der Waals surface area contributed by atoms with E-state index in [4.69, 9.17) is 14.2 Å². The van der Waals surface area contributed by atoms with Gasteiger partial charge in [0.2, 0.25) is 0 Å². The summed E-state index contributed by atoms with van der Waals surface area (Å²) in [5.74, 6) is 2.25. The third-order valence-electron chi connectivity index (χ3n) is 5.65. The number of ether oxygens (including phenoxy) is 3. The molecule has 0 aliphatic heterocycles. The van der Waals surface area contributed by atoms with Crippen molar-refractivity contribution in [3.05, 3.63) is 36.7 Å². The molecule has 1 aromatic carbocycles. The zero-order valence-corrected chi connectivity index (χ0v) is 20.9. The zero-order chi connectivity index (χ0) is 23.4. The lowest BCUT2D eigenvalue weighted by Crippen LogP contribution is -2.08. The average Bonchev–Trinajstić information content (AvgIpc) is 2.85. The van der Waals surface area contributed by atoms with E-state index >= 15 is 0 Å². The first-order chi connectivity index (χ1) is 16.3. The summed E-state index contributed by atoms with van der Waals surface area (Å²) in [5, 5.41) is 0. The van der Waals surface area contributed by atoms with Crippen molar-refractivity contribution in [1.82, 2.24) is 9.97 Å². The smallest absolute Gasteiger partial charge is 0.159 e. The van der Waals surface area contributed by atoms with Crippen molar-refractivity contribution in [2.75, 3.05) is 26.4 Å². The standard InChI is InChI=1S/C28H44N2O3/c1-3-5-7-9-10-12-14-20-32-26-17-15-25(16-18-26)28-29-23-27(24-30-28)33-22-21-31-19-13-11-8-6-4-2/h15-18,23-24H,3-14,19-22H2,1-2H3. The monoisotopic (exact) mass is 456 g/mol. The van der Waals surface area contributed by atoms with Crippen LogP contribution in [-0.4, -0.2) is 36.4 Å². The fourth-order valence-corrected chi connectivity index (χ4v) is 3.62. The van der Waals surface area contributed by atoms with Gasteiger partial charge >= 0.3 is 0 Å². The largest absolute Gasteiger partial charge is 0.494 e. The summed E-state index contributed by atoms with van der Waals surface area (Å²) in [7, 11) is 0. The van der Waals surface area contributed by atoms with Crippen LogP contribution in [-0.2, 0) is 4.74 Å². The van der Waals surface area contributed by atoms with Crippen molar-refractivity contribution >= 4 is 0 Å². The summed E-state index contributed by atoms with van der Waals surface area (Å²) >= 11 is 0. The van der Waals surface area contributed by atoms with E-state index in [-0.39, 0.29) is 0 Å². The Morgan fingerprint density at radius 3 is 1.73 bits per heavy atom. The Bertz CT molecular complexity index is 704. The molecule has 5 nitrogen and oxygen atoms in total. The normalized spacial score (nSPS) is 11.0. The first-order valence-electron chi connectivity index (χ1n) is 13.1. The Hall–Kier alpha value is -2.14. The first-order valence-corrected chi connectivity index (χ1v) is 13.1. The van der Waals surface area contributed by atoms with Gasteiger partial charge in [-0.15, -0.1) is 0 Å². The molecule has 2 aromatic rings. The maximum atomic E-state index is 5.87. The van der Waals surface area contributed by atoms with Crippen LogP contribution in [0, 0.1) is 0 Å². The molecule has 0 fully saturated rings. The van der Waals surface area contributed by atoms with Gasteiger partial charge in [-0.1, -0.05) is 78.1 Å². The van der Waals surface area contributed by atoms with Crippen LogP contribution < -0.4 is 9.47 Å². The summed E-state index contributed by atoms with van der Waals surface area (Å²) < 4.78 is 17.2. The summed E-state index contributed by atoms with van der Waals surface area (Å²) in [4.78, 5) is 8.87. The minimum atomic E-state index is 0.516. The van der Waals surface area contributed by atoms with Crippen molar-refractivity contribution in [2.24, 2.45) is 0 Å². The van der Waals surface area contributed by atoms with Crippen molar-refractivity contribution < 1.29 is 14.2 Å². The highest BCUT2D eigenvalue weighted by molar-refractivity contribution is 5.56. The predicted molar refractivity (Wildman–Crippen MR) is 136 cm³/mol. The zero-order valence-electron chi connectivity index (χ0n) is 20.9. The van der Waals surface area contributed by atoms with Crippen LogP contribution in [0.2, 0.25) is 0 Å². The molecule has 0 N–H and O–H groups in total. The molecular weight excluding hydrogens is 412 g/mol. The molecule has 2 rings (SSSR count). The van der Waals surface area contributed by atoms with Gasteiger partial charge in [0.05, 0.1) is 25.6 Å². The summed E-state index contributed by atoms with van der Waals surface area (Å²) in [6, 6.07) is 7.99. The number of rotatable bonds is 20. The fourth-order valence-electron chi connectivity index (χ4n) is 3.62.